The molecule has 5 heteroatoms. The van der Waals surface area contributed by atoms with Crippen molar-refractivity contribution in [2.24, 2.45) is 0 Å². The van der Waals surface area contributed by atoms with Crippen molar-refractivity contribution >= 4 is 5.97 Å². The molecule has 2 aromatic heterocycles. The maximum absolute atomic E-state index is 10.8. The van der Waals surface area contributed by atoms with Crippen molar-refractivity contribution in [1.82, 2.24) is 9.55 Å². The van der Waals surface area contributed by atoms with Crippen molar-refractivity contribution in [3.63, 3.8) is 0 Å². The van der Waals surface area contributed by atoms with Crippen molar-refractivity contribution < 1.29 is 14.6 Å². The predicted molar refractivity (Wildman–Crippen MR) is 81.4 cm³/mol. The Balaban J connectivity index is 1.89. The number of aromatic nitrogens is 2. The monoisotopic (exact) mass is 294 g/mol. The molecule has 0 aliphatic heterocycles. The molecule has 0 saturated carbocycles. The summed E-state index contributed by atoms with van der Waals surface area (Å²) in [5, 5.41) is 8.86. The quantitative estimate of drug-likeness (QED) is 0.784. The average molecular weight is 294 g/mol. The molecule has 0 radical (unpaired) electrons. The van der Waals surface area contributed by atoms with E-state index in [1.165, 1.54) is 0 Å². The SMILES string of the molecule is O=C(O)Cc1cccc(Oc2cccnc2-n2cccc2)c1. The summed E-state index contributed by atoms with van der Waals surface area (Å²) >= 11 is 0. The summed E-state index contributed by atoms with van der Waals surface area (Å²) in [4.78, 5) is 15.1. The number of carbonyl (C=O) groups is 1. The molecule has 0 spiro atoms. The zero-order valence-electron chi connectivity index (χ0n) is 11.7. The summed E-state index contributed by atoms with van der Waals surface area (Å²) in [5.74, 6) is 0.994. The van der Waals surface area contributed by atoms with Crippen molar-refractivity contribution in [3.8, 4) is 17.3 Å². The van der Waals surface area contributed by atoms with Gasteiger partial charge in [0.25, 0.3) is 0 Å². The second-order valence-electron chi connectivity index (χ2n) is 4.74. The fraction of sp³-hybridized carbons (Fsp3) is 0.0588. The highest BCUT2D eigenvalue weighted by Gasteiger charge is 2.08. The number of carboxylic acids is 1. The summed E-state index contributed by atoms with van der Waals surface area (Å²) in [7, 11) is 0. The first-order chi connectivity index (χ1) is 10.7. The lowest BCUT2D eigenvalue weighted by Crippen LogP contribution is -2.01. The molecule has 110 valence electrons. The van der Waals surface area contributed by atoms with Gasteiger partial charge in [0.2, 0.25) is 0 Å². The van der Waals surface area contributed by atoms with Gasteiger partial charge in [-0.1, -0.05) is 12.1 Å². The number of pyridine rings is 1. The summed E-state index contributed by atoms with van der Waals surface area (Å²) in [6, 6.07) is 14.5. The van der Waals surface area contributed by atoms with Crippen LogP contribution in [-0.4, -0.2) is 20.6 Å². The van der Waals surface area contributed by atoms with E-state index in [9.17, 15) is 4.79 Å². The Morgan fingerprint density at radius 3 is 2.73 bits per heavy atom. The van der Waals surface area contributed by atoms with E-state index in [1.54, 1.807) is 36.5 Å². The third kappa shape index (κ3) is 3.15. The van der Waals surface area contributed by atoms with Crippen molar-refractivity contribution in [1.29, 1.82) is 0 Å². The molecule has 3 rings (SSSR count). The summed E-state index contributed by atoms with van der Waals surface area (Å²) in [5.41, 5.74) is 0.691. The number of carboxylic acid groups (broad SMARTS) is 1. The molecule has 0 fully saturated rings. The van der Waals surface area contributed by atoms with Crippen LogP contribution in [0, 0.1) is 0 Å². The second-order valence-corrected chi connectivity index (χ2v) is 4.74. The van der Waals surface area contributed by atoms with Gasteiger partial charge in [0.15, 0.2) is 11.6 Å². The van der Waals surface area contributed by atoms with Crippen LogP contribution in [0.1, 0.15) is 5.56 Å². The van der Waals surface area contributed by atoms with Gasteiger partial charge in [-0.2, -0.15) is 0 Å². The van der Waals surface area contributed by atoms with Crippen LogP contribution >= 0.6 is 0 Å². The molecular weight excluding hydrogens is 280 g/mol. The predicted octanol–water partition coefficient (Wildman–Crippen LogP) is 3.29. The van der Waals surface area contributed by atoms with E-state index < -0.39 is 5.97 Å². The molecule has 0 atom stereocenters. The van der Waals surface area contributed by atoms with Gasteiger partial charge in [0, 0.05) is 18.6 Å². The van der Waals surface area contributed by atoms with E-state index >= 15 is 0 Å². The fourth-order valence-electron chi connectivity index (χ4n) is 2.15. The minimum absolute atomic E-state index is 0.0330. The highest BCUT2D eigenvalue weighted by Crippen LogP contribution is 2.27. The van der Waals surface area contributed by atoms with Gasteiger partial charge in [-0.15, -0.1) is 0 Å². The average Bonchev–Trinajstić information content (AvgIpc) is 3.01. The minimum Gasteiger partial charge on any atom is -0.481 e. The van der Waals surface area contributed by atoms with Crippen molar-refractivity contribution in [2.75, 3.05) is 0 Å². The zero-order chi connectivity index (χ0) is 15.4. The van der Waals surface area contributed by atoms with Crippen LogP contribution in [0.5, 0.6) is 11.5 Å². The summed E-state index contributed by atoms with van der Waals surface area (Å²) in [6.45, 7) is 0. The highest BCUT2D eigenvalue weighted by atomic mass is 16.5. The molecular formula is C17H14N2O3. The molecule has 5 nitrogen and oxygen atoms in total. The van der Waals surface area contributed by atoms with Gasteiger partial charge >= 0.3 is 5.97 Å². The molecule has 0 bridgehead atoms. The summed E-state index contributed by atoms with van der Waals surface area (Å²) < 4.78 is 7.74. The molecule has 0 amide bonds. The third-order valence-electron chi connectivity index (χ3n) is 3.08. The van der Waals surface area contributed by atoms with Gasteiger partial charge in [-0.3, -0.25) is 4.79 Å². The first kappa shape index (κ1) is 13.9. The lowest BCUT2D eigenvalue weighted by atomic mass is 10.1. The molecule has 22 heavy (non-hydrogen) atoms. The third-order valence-corrected chi connectivity index (χ3v) is 3.08. The summed E-state index contributed by atoms with van der Waals surface area (Å²) in [6.07, 6.45) is 5.43. The van der Waals surface area contributed by atoms with Gasteiger partial charge < -0.3 is 14.4 Å². The van der Waals surface area contributed by atoms with Crippen LogP contribution < -0.4 is 4.74 Å². The van der Waals surface area contributed by atoms with E-state index in [2.05, 4.69) is 4.98 Å². The smallest absolute Gasteiger partial charge is 0.307 e. The van der Waals surface area contributed by atoms with Crippen LogP contribution in [0.25, 0.3) is 5.82 Å². The molecule has 0 aliphatic rings. The van der Waals surface area contributed by atoms with Gasteiger partial charge in [-0.05, 0) is 42.0 Å². The van der Waals surface area contributed by atoms with Crippen LogP contribution in [0.2, 0.25) is 0 Å². The standard InChI is InChI=1S/C17H14N2O3/c20-16(21)12-13-5-3-6-14(11-13)22-15-7-4-8-18-17(15)19-9-1-2-10-19/h1-11H,12H2,(H,20,21). The Morgan fingerprint density at radius 1 is 1.14 bits per heavy atom. The lowest BCUT2D eigenvalue weighted by Gasteiger charge is -2.11. The van der Waals surface area contributed by atoms with E-state index in [0.717, 1.165) is 0 Å². The van der Waals surface area contributed by atoms with Crippen LogP contribution in [0.3, 0.4) is 0 Å². The van der Waals surface area contributed by atoms with E-state index in [1.807, 2.05) is 35.2 Å². The topological polar surface area (TPSA) is 64.3 Å². The number of nitrogens with zero attached hydrogens (tertiary/aromatic N) is 2. The number of benzene rings is 1. The molecule has 3 aromatic rings. The number of rotatable bonds is 5. The van der Waals surface area contributed by atoms with E-state index in [0.29, 0.717) is 22.9 Å². The van der Waals surface area contributed by atoms with Gasteiger partial charge in [0.05, 0.1) is 6.42 Å². The molecule has 0 aliphatic carbocycles. The maximum Gasteiger partial charge on any atom is 0.307 e. The molecule has 0 unspecified atom stereocenters. The van der Waals surface area contributed by atoms with Gasteiger partial charge in [0.1, 0.15) is 5.75 Å². The zero-order valence-corrected chi connectivity index (χ0v) is 11.7. The minimum atomic E-state index is -0.869. The molecule has 1 N–H and O–H groups in total. The first-order valence-corrected chi connectivity index (χ1v) is 6.79. The number of aliphatic carboxylic acids is 1. The second kappa shape index (κ2) is 6.13. The normalized spacial score (nSPS) is 10.4. The number of hydrogen-bond acceptors (Lipinski definition) is 3. The maximum atomic E-state index is 10.8. The Morgan fingerprint density at radius 2 is 1.95 bits per heavy atom. The highest BCUT2D eigenvalue weighted by molar-refractivity contribution is 5.70. The Bertz CT molecular complexity index is 782. The van der Waals surface area contributed by atoms with Crippen molar-refractivity contribution in [2.45, 2.75) is 6.42 Å². The van der Waals surface area contributed by atoms with Crippen molar-refractivity contribution in [3.05, 3.63) is 72.7 Å². The Hall–Kier alpha value is -3.08. The lowest BCUT2D eigenvalue weighted by molar-refractivity contribution is -0.136. The fourth-order valence-corrected chi connectivity index (χ4v) is 2.15. The first-order valence-electron chi connectivity index (χ1n) is 6.79. The van der Waals surface area contributed by atoms with Gasteiger partial charge in [-0.25, -0.2) is 4.98 Å². The Kier molecular flexibility index (Phi) is 3.87. The van der Waals surface area contributed by atoms with Crippen LogP contribution in [-0.2, 0) is 11.2 Å². The van der Waals surface area contributed by atoms with E-state index in [4.69, 9.17) is 9.84 Å². The molecule has 1 aromatic carbocycles. The van der Waals surface area contributed by atoms with E-state index in [-0.39, 0.29) is 6.42 Å². The largest absolute Gasteiger partial charge is 0.481 e. The van der Waals surface area contributed by atoms with Crippen LogP contribution in [0.4, 0.5) is 0 Å². The number of ether oxygens (including phenoxy) is 1. The Labute approximate surface area is 127 Å². The van der Waals surface area contributed by atoms with Crippen LogP contribution in [0.15, 0.2) is 67.1 Å². The molecule has 0 saturated heterocycles. The molecule has 2 heterocycles. The number of hydrogen-bond donors (Lipinski definition) is 1.